The lowest BCUT2D eigenvalue weighted by Gasteiger charge is -2.27. The lowest BCUT2D eigenvalue weighted by molar-refractivity contribution is 0.0606. The maximum absolute atomic E-state index is 12.9. The van der Waals surface area contributed by atoms with Crippen LogP contribution in [0.15, 0.2) is 72.9 Å². The third-order valence-electron chi connectivity index (χ3n) is 5.23. The van der Waals surface area contributed by atoms with E-state index in [1.165, 1.54) is 4.90 Å². The third kappa shape index (κ3) is 2.99. The van der Waals surface area contributed by atoms with Crippen LogP contribution in [0.2, 0.25) is 0 Å². The van der Waals surface area contributed by atoms with Gasteiger partial charge >= 0.3 is 0 Å². The largest absolute Gasteiger partial charge is 0.274 e. The molecule has 6 nitrogen and oxygen atoms in total. The number of benzene rings is 3. The molecule has 0 unspecified atom stereocenters. The summed E-state index contributed by atoms with van der Waals surface area (Å²) in [5.74, 6) is -0.467. The van der Waals surface area contributed by atoms with Crippen LogP contribution in [0.5, 0.6) is 0 Å². The zero-order valence-corrected chi connectivity index (χ0v) is 15.7. The Balaban J connectivity index is 1.31. The minimum atomic E-state index is -0.233. The minimum absolute atomic E-state index is 0.233. The highest BCUT2D eigenvalue weighted by Gasteiger charge is 2.32. The standard InChI is InChI=1S/C23H18N4O2/c28-22-18-11-4-9-17-10-5-12-19(21(17)18)23(29)27(22)14-6-13-26-15-20(24-25-26)16-7-2-1-3-8-16/h1-5,7-12,15H,6,13-14H2. The quantitative estimate of drug-likeness (QED) is 0.493. The van der Waals surface area contributed by atoms with Crippen LogP contribution in [0.3, 0.4) is 0 Å². The molecule has 2 amide bonds. The van der Waals surface area contributed by atoms with Crippen LogP contribution in [-0.2, 0) is 6.54 Å². The van der Waals surface area contributed by atoms with Crippen molar-refractivity contribution >= 4 is 22.6 Å². The molecule has 4 aromatic rings. The number of aryl methyl sites for hydroxylation is 1. The van der Waals surface area contributed by atoms with Crippen molar-refractivity contribution in [1.82, 2.24) is 19.9 Å². The van der Waals surface area contributed by atoms with Crippen molar-refractivity contribution < 1.29 is 9.59 Å². The van der Waals surface area contributed by atoms with E-state index in [1.54, 1.807) is 16.8 Å². The maximum atomic E-state index is 12.9. The zero-order chi connectivity index (χ0) is 19.8. The van der Waals surface area contributed by atoms with Gasteiger partial charge in [-0.05, 0) is 23.9 Å². The number of amides is 2. The Morgan fingerprint density at radius 1 is 0.759 bits per heavy atom. The van der Waals surface area contributed by atoms with E-state index in [1.807, 2.05) is 60.8 Å². The summed E-state index contributed by atoms with van der Waals surface area (Å²) in [6, 6.07) is 21.0. The Labute approximate surface area is 167 Å². The molecular formula is C23H18N4O2. The summed E-state index contributed by atoms with van der Waals surface area (Å²) in [5.41, 5.74) is 2.98. The van der Waals surface area contributed by atoms with E-state index in [2.05, 4.69) is 10.3 Å². The highest BCUT2D eigenvalue weighted by atomic mass is 16.2. The molecule has 5 rings (SSSR count). The topological polar surface area (TPSA) is 68.1 Å². The van der Waals surface area contributed by atoms with Crippen LogP contribution in [0.1, 0.15) is 27.1 Å². The Hall–Kier alpha value is -3.80. The van der Waals surface area contributed by atoms with Gasteiger partial charge in [0.2, 0.25) is 0 Å². The number of imide groups is 1. The van der Waals surface area contributed by atoms with E-state index in [0.717, 1.165) is 22.0 Å². The first kappa shape index (κ1) is 17.3. The molecule has 0 bridgehead atoms. The molecule has 142 valence electrons. The van der Waals surface area contributed by atoms with Crippen molar-refractivity contribution in [3.8, 4) is 11.3 Å². The van der Waals surface area contributed by atoms with Crippen molar-refractivity contribution in [2.45, 2.75) is 13.0 Å². The molecule has 0 saturated heterocycles. The van der Waals surface area contributed by atoms with Crippen molar-refractivity contribution in [2.24, 2.45) is 0 Å². The molecular weight excluding hydrogens is 364 g/mol. The van der Waals surface area contributed by atoms with Crippen LogP contribution in [0, 0.1) is 0 Å². The molecule has 0 aliphatic carbocycles. The lowest BCUT2D eigenvalue weighted by atomic mass is 9.94. The Morgan fingerprint density at radius 3 is 2.14 bits per heavy atom. The maximum Gasteiger partial charge on any atom is 0.261 e. The van der Waals surface area contributed by atoms with Gasteiger partial charge in [0.1, 0.15) is 5.69 Å². The van der Waals surface area contributed by atoms with Gasteiger partial charge in [-0.15, -0.1) is 5.10 Å². The van der Waals surface area contributed by atoms with E-state index in [0.29, 0.717) is 30.6 Å². The molecule has 1 aliphatic heterocycles. The summed E-state index contributed by atoms with van der Waals surface area (Å²) in [4.78, 5) is 27.2. The number of aromatic nitrogens is 3. The normalized spacial score (nSPS) is 13.3. The molecule has 0 N–H and O–H groups in total. The lowest BCUT2D eigenvalue weighted by Crippen LogP contribution is -2.41. The molecule has 2 heterocycles. The van der Waals surface area contributed by atoms with Crippen molar-refractivity contribution in [2.75, 3.05) is 6.54 Å². The molecule has 1 aromatic heterocycles. The minimum Gasteiger partial charge on any atom is -0.274 e. The smallest absolute Gasteiger partial charge is 0.261 e. The number of carbonyl (C=O) groups is 2. The van der Waals surface area contributed by atoms with E-state index >= 15 is 0 Å². The van der Waals surface area contributed by atoms with Crippen LogP contribution in [-0.4, -0.2) is 38.3 Å². The van der Waals surface area contributed by atoms with Gasteiger partial charge in [0, 0.05) is 35.2 Å². The van der Waals surface area contributed by atoms with Gasteiger partial charge in [0.05, 0.1) is 6.20 Å². The van der Waals surface area contributed by atoms with Gasteiger partial charge in [-0.2, -0.15) is 0 Å². The number of hydrogen-bond acceptors (Lipinski definition) is 4. The SMILES string of the molecule is O=C1c2cccc3cccc(c23)C(=O)N1CCCn1cc(-c2ccccc2)nn1. The summed E-state index contributed by atoms with van der Waals surface area (Å²) in [5, 5.41) is 10.0. The second-order valence-electron chi connectivity index (χ2n) is 7.06. The first-order chi connectivity index (χ1) is 14.2. The van der Waals surface area contributed by atoms with Crippen molar-refractivity contribution in [3.05, 3.63) is 84.1 Å². The highest BCUT2D eigenvalue weighted by Crippen LogP contribution is 2.30. The summed E-state index contributed by atoms with van der Waals surface area (Å²) in [7, 11) is 0. The molecule has 6 heteroatoms. The molecule has 3 aromatic carbocycles. The van der Waals surface area contributed by atoms with E-state index < -0.39 is 0 Å². The number of hydrogen-bond donors (Lipinski definition) is 0. The van der Waals surface area contributed by atoms with Gasteiger partial charge in [-0.1, -0.05) is 59.8 Å². The van der Waals surface area contributed by atoms with E-state index in [4.69, 9.17) is 0 Å². The van der Waals surface area contributed by atoms with Crippen molar-refractivity contribution in [1.29, 1.82) is 0 Å². The Morgan fingerprint density at radius 2 is 1.45 bits per heavy atom. The number of rotatable bonds is 5. The molecule has 0 fully saturated rings. The van der Waals surface area contributed by atoms with Crippen molar-refractivity contribution in [3.63, 3.8) is 0 Å². The molecule has 0 saturated carbocycles. The van der Waals surface area contributed by atoms with Crippen LogP contribution in [0.4, 0.5) is 0 Å². The summed E-state index contributed by atoms with van der Waals surface area (Å²) in [6.45, 7) is 0.908. The second kappa shape index (κ2) is 6.98. The number of carbonyl (C=O) groups excluding carboxylic acids is 2. The predicted molar refractivity (Wildman–Crippen MR) is 109 cm³/mol. The Bertz CT molecular complexity index is 1180. The second-order valence-corrected chi connectivity index (χ2v) is 7.06. The highest BCUT2D eigenvalue weighted by molar-refractivity contribution is 6.25. The van der Waals surface area contributed by atoms with Gasteiger partial charge in [0.15, 0.2) is 0 Å². The van der Waals surface area contributed by atoms with E-state index in [9.17, 15) is 9.59 Å². The first-order valence-electron chi connectivity index (χ1n) is 9.56. The van der Waals surface area contributed by atoms with Crippen LogP contribution >= 0.6 is 0 Å². The zero-order valence-electron chi connectivity index (χ0n) is 15.7. The molecule has 1 aliphatic rings. The van der Waals surface area contributed by atoms with Crippen LogP contribution in [0.25, 0.3) is 22.0 Å². The fraction of sp³-hybridized carbons (Fsp3) is 0.130. The van der Waals surface area contributed by atoms with Gasteiger partial charge in [0.25, 0.3) is 11.8 Å². The van der Waals surface area contributed by atoms with Gasteiger partial charge < -0.3 is 0 Å². The number of nitrogens with zero attached hydrogens (tertiary/aromatic N) is 4. The average Bonchev–Trinajstić information content (AvgIpc) is 3.24. The third-order valence-corrected chi connectivity index (χ3v) is 5.23. The molecule has 29 heavy (non-hydrogen) atoms. The predicted octanol–water partition coefficient (Wildman–Crippen LogP) is 3.78. The molecule has 0 spiro atoms. The molecule has 0 radical (unpaired) electrons. The van der Waals surface area contributed by atoms with Gasteiger partial charge in [-0.3, -0.25) is 19.2 Å². The monoisotopic (exact) mass is 382 g/mol. The molecule has 0 atom stereocenters. The fourth-order valence-electron chi connectivity index (χ4n) is 3.82. The first-order valence-corrected chi connectivity index (χ1v) is 9.56. The van der Waals surface area contributed by atoms with Crippen LogP contribution < -0.4 is 0 Å². The average molecular weight is 382 g/mol. The van der Waals surface area contributed by atoms with Gasteiger partial charge in [-0.25, -0.2) is 0 Å². The van der Waals surface area contributed by atoms with E-state index in [-0.39, 0.29) is 11.8 Å². The Kier molecular flexibility index (Phi) is 4.17. The summed E-state index contributed by atoms with van der Waals surface area (Å²) in [6.07, 6.45) is 2.48. The fourth-order valence-corrected chi connectivity index (χ4v) is 3.82. The summed E-state index contributed by atoms with van der Waals surface area (Å²) < 4.78 is 1.75. The summed E-state index contributed by atoms with van der Waals surface area (Å²) >= 11 is 0.